The highest BCUT2D eigenvalue weighted by Gasteiger charge is 2.28. The van der Waals surface area contributed by atoms with Gasteiger partial charge in [0.2, 0.25) is 11.8 Å². The smallest absolute Gasteiger partial charge is 0.242 e. The monoisotopic (exact) mass is 496 g/mol. The molecule has 0 heterocycles. The molecule has 1 N–H and O–H groups in total. The van der Waals surface area contributed by atoms with Gasteiger partial charge in [-0.3, -0.25) is 9.59 Å². The summed E-state index contributed by atoms with van der Waals surface area (Å²) in [5.74, 6) is -0.0189. The van der Waals surface area contributed by atoms with Gasteiger partial charge in [0.25, 0.3) is 0 Å². The van der Waals surface area contributed by atoms with Crippen LogP contribution in [0, 0.1) is 0 Å². The molecule has 0 aromatic heterocycles. The van der Waals surface area contributed by atoms with Crippen LogP contribution in [0.5, 0.6) is 0 Å². The Bertz CT molecular complexity index is 835. The number of hydrogen-bond donors (Lipinski definition) is 1. The van der Waals surface area contributed by atoms with Gasteiger partial charge >= 0.3 is 0 Å². The zero-order valence-electron chi connectivity index (χ0n) is 17.0. The van der Waals surface area contributed by atoms with E-state index in [2.05, 4.69) is 21.2 Å². The van der Waals surface area contributed by atoms with Gasteiger partial charge in [-0.25, -0.2) is 0 Å². The highest BCUT2D eigenvalue weighted by Crippen LogP contribution is 2.22. The third kappa shape index (κ3) is 8.03. The summed E-state index contributed by atoms with van der Waals surface area (Å²) in [5.41, 5.74) is 0.601. The molecule has 0 aliphatic rings. The summed E-state index contributed by atoms with van der Waals surface area (Å²) in [6.07, 6.45) is 0. The van der Waals surface area contributed by atoms with Crippen LogP contribution >= 0.6 is 39.3 Å². The first kappa shape index (κ1) is 23.8. The van der Waals surface area contributed by atoms with Gasteiger partial charge in [-0.2, -0.15) is 0 Å². The lowest BCUT2D eigenvalue weighted by Gasteiger charge is -2.31. The van der Waals surface area contributed by atoms with Crippen LogP contribution in [-0.2, 0) is 16.1 Å². The maximum absolute atomic E-state index is 13.1. The second-order valence-corrected chi connectivity index (χ2v) is 10.2. The summed E-state index contributed by atoms with van der Waals surface area (Å²) in [4.78, 5) is 28.4. The van der Waals surface area contributed by atoms with Crippen molar-refractivity contribution in [3.63, 3.8) is 0 Å². The van der Waals surface area contributed by atoms with E-state index in [1.807, 2.05) is 57.2 Å². The van der Waals surface area contributed by atoms with Crippen molar-refractivity contribution in [2.24, 2.45) is 0 Å². The quantitative estimate of drug-likeness (QED) is 0.512. The Morgan fingerprint density at radius 2 is 1.69 bits per heavy atom. The zero-order valence-corrected chi connectivity index (χ0v) is 20.2. The minimum atomic E-state index is -0.587. The lowest BCUT2D eigenvalue weighted by atomic mass is 10.1. The predicted octanol–water partition coefficient (Wildman–Crippen LogP) is 5.53. The van der Waals surface area contributed by atoms with E-state index in [9.17, 15) is 9.59 Å². The van der Waals surface area contributed by atoms with Crippen molar-refractivity contribution < 1.29 is 9.59 Å². The summed E-state index contributed by atoms with van der Waals surface area (Å²) in [6.45, 7) is 7.91. The second-order valence-electron chi connectivity index (χ2n) is 7.81. The third-order valence-corrected chi connectivity index (χ3v) is 5.89. The average molecular weight is 498 g/mol. The maximum Gasteiger partial charge on any atom is 0.242 e. The number of carbonyl (C=O) groups is 2. The van der Waals surface area contributed by atoms with Crippen LogP contribution in [0.25, 0.3) is 0 Å². The summed E-state index contributed by atoms with van der Waals surface area (Å²) in [7, 11) is 0. The van der Waals surface area contributed by atoms with Crippen molar-refractivity contribution >= 4 is 51.1 Å². The SMILES string of the molecule is C[C@@H](C(=O)NC(C)(C)C)N(Cc1ccc(Br)cc1)C(=O)CSc1ccc(Cl)cc1. The van der Waals surface area contributed by atoms with E-state index >= 15 is 0 Å². The Hall–Kier alpha value is -1.50. The van der Waals surface area contributed by atoms with E-state index in [1.54, 1.807) is 24.0 Å². The number of halogens is 2. The van der Waals surface area contributed by atoms with Crippen molar-refractivity contribution in [1.29, 1.82) is 0 Å². The molecular formula is C22H26BrClN2O2S. The lowest BCUT2D eigenvalue weighted by Crippen LogP contribution is -2.52. The minimum absolute atomic E-state index is 0.0931. The maximum atomic E-state index is 13.1. The van der Waals surface area contributed by atoms with Gasteiger partial charge in [0.05, 0.1) is 5.75 Å². The van der Waals surface area contributed by atoms with Crippen LogP contribution in [-0.4, -0.2) is 34.0 Å². The fourth-order valence-electron chi connectivity index (χ4n) is 2.60. The average Bonchev–Trinajstić information content (AvgIpc) is 2.65. The Balaban J connectivity index is 2.15. The number of rotatable bonds is 7. The molecule has 0 aliphatic carbocycles. The van der Waals surface area contributed by atoms with Crippen molar-refractivity contribution in [2.45, 2.75) is 50.7 Å². The molecule has 0 saturated heterocycles. The first-order valence-corrected chi connectivity index (χ1v) is 11.4. The van der Waals surface area contributed by atoms with E-state index in [0.717, 1.165) is 14.9 Å². The molecule has 1 atom stereocenters. The molecule has 2 rings (SSSR count). The van der Waals surface area contributed by atoms with Crippen molar-refractivity contribution in [3.8, 4) is 0 Å². The molecule has 0 fully saturated rings. The van der Waals surface area contributed by atoms with Crippen LogP contribution in [0.15, 0.2) is 57.9 Å². The van der Waals surface area contributed by atoms with E-state index < -0.39 is 6.04 Å². The minimum Gasteiger partial charge on any atom is -0.350 e. The van der Waals surface area contributed by atoms with Crippen LogP contribution in [0.3, 0.4) is 0 Å². The standard InChI is InChI=1S/C22H26BrClN2O2S/c1-15(21(28)25-22(2,3)4)26(13-16-5-7-17(23)8-6-16)20(27)14-29-19-11-9-18(24)10-12-19/h5-12,15H,13-14H2,1-4H3,(H,25,28)/t15-/m0/s1. The number of thioether (sulfide) groups is 1. The number of amides is 2. The fraction of sp³-hybridized carbons (Fsp3) is 0.364. The van der Waals surface area contributed by atoms with Gasteiger partial charge in [-0.05, 0) is 69.7 Å². The van der Waals surface area contributed by atoms with Crippen molar-refractivity contribution in [3.05, 3.63) is 63.6 Å². The van der Waals surface area contributed by atoms with Crippen LogP contribution < -0.4 is 5.32 Å². The number of carbonyl (C=O) groups excluding carboxylic acids is 2. The number of nitrogens with zero attached hydrogens (tertiary/aromatic N) is 1. The van der Waals surface area contributed by atoms with Crippen LogP contribution in [0.1, 0.15) is 33.3 Å². The molecule has 0 spiro atoms. The second kappa shape index (κ2) is 10.5. The Morgan fingerprint density at radius 3 is 2.24 bits per heavy atom. The van der Waals surface area contributed by atoms with E-state index in [1.165, 1.54) is 11.8 Å². The molecule has 2 amide bonds. The van der Waals surface area contributed by atoms with Gasteiger partial charge in [0, 0.05) is 26.5 Å². The number of benzene rings is 2. The van der Waals surface area contributed by atoms with E-state index in [-0.39, 0.29) is 23.1 Å². The highest BCUT2D eigenvalue weighted by molar-refractivity contribution is 9.10. The third-order valence-electron chi connectivity index (χ3n) is 4.11. The first-order valence-electron chi connectivity index (χ1n) is 9.29. The fourth-order valence-corrected chi connectivity index (χ4v) is 3.78. The van der Waals surface area contributed by atoms with Gasteiger partial charge in [-0.1, -0.05) is 39.7 Å². The van der Waals surface area contributed by atoms with Gasteiger partial charge in [-0.15, -0.1) is 11.8 Å². The molecule has 2 aromatic carbocycles. The molecule has 0 radical (unpaired) electrons. The van der Waals surface area contributed by atoms with Crippen molar-refractivity contribution in [1.82, 2.24) is 10.2 Å². The predicted molar refractivity (Wildman–Crippen MR) is 124 cm³/mol. The molecular weight excluding hydrogens is 472 g/mol. The molecule has 29 heavy (non-hydrogen) atoms. The molecule has 0 unspecified atom stereocenters. The van der Waals surface area contributed by atoms with E-state index in [4.69, 9.17) is 11.6 Å². The topological polar surface area (TPSA) is 49.4 Å². The summed E-state index contributed by atoms with van der Waals surface area (Å²) in [6, 6.07) is 14.5. The normalized spacial score (nSPS) is 12.3. The molecule has 2 aromatic rings. The molecule has 4 nitrogen and oxygen atoms in total. The molecule has 156 valence electrons. The highest BCUT2D eigenvalue weighted by atomic mass is 79.9. The molecule has 0 aliphatic heterocycles. The molecule has 0 bridgehead atoms. The summed E-state index contributed by atoms with van der Waals surface area (Å²) in [5, 5.41) is 3.62. The van der Waals surface area contributed by atoms with Crippen LogP contribution in [0.4, 0.5) is 0 Å². The zero-order chi connectivity index (χ0) is 21.6. The summed E-state index contributed by atoms with van der Waals surface area (Å²) < 4.78 is 0.968. The summed E-state index contributed by atoms with van der Waals surface area (Å²) >= 11 is 10.8. The van der Waals surface area contributed by atoms with Gasteiger partial charge < -0.3 is 10.2 Å². The molecule has 7 heteroatoms. The molecule has 0 saturated carbocycles. The Kier molecular flexibility index (Phi) is 8.61. The van der Waals surface area contributed by atoms with E-state index in [0.29, 0.717) is 11.6 Å². The van der Waals surface area contributed by atoms with Crippen LogP contribution in [0.2, 0.25) is 5.02 Å². The largest absolute Gasteiger partial charge is 0.350 e. The number of hydrogen-bond acceptors (Lipinski definition) is 3. The first-order chi connectivity index (χ1) is 13.5. The Morgan fingerprint density at radius 1 is 1.10 bits per heavy atom. The lowest BCUT2D eigenvalue weighted by molar-refractivity contribution is -0.139. The number of nitrogens with one attached hydrogen (secondary N) is 1. The van der Waals surface area contributed by atoms with Gasteiger partial charge in [0.15, 0.2) is 0 Å². The van der Waals surface area contributed by atoms with Gasteiger partial charge in [0.1, 0.15) is 6.04 Å². The Labute approximate surface area is 190 Å². The van der Waals surface area contributed by atoms with Crippen molar-refractivity contribution in [2.75, 3.05) is 5.75 Å².